The topological polar surface area (TPSA) is 78.7 Å². The molecule has 1 unspecified atom stereocenters. The van der Waals surface area contributed by atoms with Gasteiger partial charge in [-0.05, 0) is 89.9 Å². The summed E-state index contributed by atoms with van der Waals surface area (Å²) in [6, 6.07) is 41.3. The van der Waals surface area contributed by atoms with E-state index in [9.17, 15) is 9.59 Å². The van der Waals surface area contributed by atoms with E-state index in [0.717, 1.165) is 78.3 Å². The second-order valence-corrected chi connectivity index (χ2v) is 13.2. The predicted octanol–water partition coefficient (Wildman–Crippen LogP) is 8.62. The Hall–Kier alpha value is -4.20. The summed E-state index contributed by atoms with van der Waals surface area (Å²) < 4.78 is 0. The van der Waals surface area contributed by atoms with Crippen molar-refractivity contribution in [3.05, 3.63) is 144 Å². The van der Waals surface area contributed by atoms with Crippen LogP contribution in [0.15, 0.2) is 121 Å². The first-order valence-electron chi connectivity index (χ1n) is 17.7. The van der Waals surface area contributed by atoms with Crippen molar-refractivity contribution in [3.8, 4) is 11.1 Å². The van der Waals surface area contributed by atoms with Crippen LogP contribution in [0.5, 0.6) is 0 Å². The lowest BCUT2D eigenvalue weighted by Crippen LogP contribution is -2.48. The van der Waals surface area contributed by atoms with Crippen molar-refractivity contribution < 1.29 is 9.59 Å². The molecule has 0 aromatic heterocycles. The Balaban J connectivity index is 0.00000292. The zero-order valence-corrected chi connectivity index (χ0v) is 31.0. The van der Waals surface area contributed by atoms with Crippen LogP contribution in [0.4, 0.5) is 0 Å². The number of carbonyl (C=O) groups is 2. The summed E-state index contributed by atoms with van der Waals surface area (Å²) in [6.07, 6.45) is 3.92. The van der Waals surface area contributed by atoms with Gasteiger partial charge < -0.3 is 16.0 Å². The monoisotopic (exact) mass is 724 g/mol. The number of nitrogens with one attached hydrogen (secondary N) is 1. The smallest absolute Gasteiger partial charge is 0.251 e. The van der Waals surface area contributed by atoms with Crippen LogP contribution >= 0.6 is 24.8 Å². The molecule has 8 heteroatoms. The molecule has 268 valence electrons. The fourth-order valence-corrected chi connectivity index (χ4v) is 7.26. The summed E-state index contributed by atoms with van der Waals surface area (Å²) in [5.41, 5.74) is 11.6. The van der Waals surface area contributed by atoms with Crippen LogP contribution in [0.25, 0.3) is 21.9 Å². The number of rotatable bonds is 13. The van der Waals surface area contributed by atoms with E-state index in [4.69, 9.17) is 5.73 Å². The van der Waals surface area contributed by atoms with Crippen LogP contribution in [0.2, 0.25) is 0 Å². The molecule has 6 nitrogen and oxygen atoms in total. The van der Waals surface area contributed by atoms with Crippen LogP contribution in [0.3, 0.4) is 0 Å². The van der Waals surface area contributed by atoms with Crippen molar-refractivity contribution in [2.45, 2.75) is 57.7 Å². The second kappa shape index (κ2) is 19.4. The third-order valence-corrected chi connectivity index (χ3v) is 9.89. The Bertz CT molecular complexity index is 1850. The van der Waals surface area contributed by atoms with E-state index in [1.807, 2.05) is 42.5 Å². The molecular weight excluding hydrogens is 675 g/mol. The number of hydrogen-bond acceptors (Lipinski definition) is 4. The van der Waals surface area contributed by atoms with Crippen LogP contribution in [-0.2, 0) is 17.8 Å². The Morgan fingerprint density at radius 1 is 0.824 bits per heavy atom. The molecule has 0 radical (unpaired) electrons. The van der Waals surface area contributed by atoms with Crippen molar-refractivity contribution in [1.29, 1.82) is 0 Å². The standard InChI is InChI=1S/C43H48N4O2.2ClH/c1-32(35-17-12-18-36(29-35)40-21-7-8-22-41(40)43(49)45-26-10-9-25-44)47(38-23-27-46(28-24-38)31-33-13-3-2-4-14-33)42(48)30-37-19-11-16-34-15-5-6-20-39(34)37;;/h2-8,11-22,29,32,38H,9-10,23-28,30-31,44H2,1H3,(H,45,49);2*1H. The van der Waals surface area contributed by atoms with E-state index in [1.54, 1.807) is 0 Å². The Morgan fingerprint density at radius 3 is 2.29 bits per heavy atom. The minimum absolute atomic E-state index is 0. The fourth-order valence-electron chi connectivity index (χ4n) is 7.26. The summed E-state index contributed by atoms with van der Waals surface area (Å²) in [4.78, 5) is 32.4. The summed E-state index contributed by atoms with van der Waals surface area (Å²) in [6.45, 7) is 6.18. The highest BCUT2D eigenvalue weighted by atomic mass is 35.5. The van der Waals surface area contributed by atoms with E-state index in [-0.39, 0.29) is 48.7 Å². The molecular formula is C43H50Cl2N4O2. The number of nitrogens with zero attached hydrogens (tertiary/aromatic N) is 2. The van der Waals surface area contributed by atoms with E-state index >= 15 is 0 Å². The van der Waals surface area contributed by atoms with Crippen molar-refractivity contribution in [1.82, 2.24) is 15.1 Å². The van der Waals surface area contributed by atoms with Gasteiger partial charge in [-0.3, -0.25) is 14.5 Å². The Morgan fingerprint density at radius 2 is 1.51 bits per heavy atom. The number of carbonyl (C=O) groups excluding carboxylic acids is 2. The molecule has 1 aliphatic heterocycles. The van der Waals surface area contributed by atoms with Gasteiger partial charge in [0.05, 0.1) is 12.5 Å². The quantitative estimate of drug-likeness (QED) is 0.119. The minimum atomic E-state index is -0.148. The van der Waals surface area contributed by atoms with E-state index in [2.05, 4.69) is 101 Å². The maximum atomic E-state index is 14.5. The molecule has 1 heterocycles. The van der Waals surface area contributed by atoms with E-state index < -0.39 is 0 Å². The van der Waals surface area contributed by atoms with Crippen molar-refractivity contribution in [2.24, 2.45) is 5.73 Å². The highest BCUT2D eigenvalue weighted by Gasteiger charge is 2.32. The van der Waals surface area contributed by atoms with Gasteiger partial charge in [0.2, 0.25) is 5.91 Å². The molecule has 2 amide bonds. The molecule has 0 saturated carbocycles. The number of piperidine rings is 1. The van der Waals surface area contributed by atoms with Crippen LogP contribution < -0.4 is 11.1 Å². The number of nitrogens with two attached hydrogens (primary N) is 1. The third-order valence-electron chi connectivity index (χ3n) is 9.89. The minimum Gasteiger partial charge on any atom is -0.352 e. The Labute approximate surface area is 315 Å². The SMILES string of the molecule is CC(c1cccc(-c2ccccc2C(=O)NCCCCN)c1)N(C(=O)Cc1cccc2ccccc12)C1CCN(Cc2ccccc2)CC1.Cl.Cl. The Kier molecular flexibility index (Phi) is 15.1. The first kappa shape index (κ1) is 39.6. The molecule has 3 N–H and O–H groups in total. The van der Waals surface area contributed by atoms with Gasteiger partial charge in [0.1, 0.15) is 0 Å². The average molecular weight is 726 g/mol. The summed E-state index contributed by atoms with van der Waals surface area (Å²) in [5.74, 6) is 0.0632. The molecule has 1 fully saturated rings. The molecule has 1 atom stereocenters. The molecule has 5 aromatic rings. The van der Waals surface area contributed by atoms with Crippen molar-refractivity contribution in [2.75, 3.05) is 26.2 Å². The third kappa shape index (κ3) is 9.99. The lowest BCUT2D eigenvalue weighted by atomic mass is 9.93. The first-order valence-corrected chi connectivity index (χ1v) is 17.7. The van der Waals surface area contributed by atoms with Gasteiger partial charge in [-0.1, -0.05) is 109 Å². The van der Waals surface area contributed by atoms with Crippen LogP contribution in [0, 0.1) is 0 Å². The molecule has 0 aliphatic carbocycles. The lowest BCUT2D eigenvalue weighted by Gasteiger charge is -2.42. The van der Waals surface area contributed by atoms with Gasteiger partial charge in [-0.2, -0.15) is 0 Å². The number of halogens is 2. The normalized spacial score (nSPS) is 13.8. The average Bonchev–Trinajstić information content (AvgIpc) is 3.15. The number of fused-ring (bicyclic) bond motifs is 1. The molecule has 1 aliphatic rings. The van der Waals surface area contributed by atoms with Crippen LogP contribution in [0.1, 0.15) is 65.7 Å². The lowest BCUT2D eigenvalue weighted by molar-refractivity contribution is -0.136. The number of benzene rings is 5. The van der Waals surface area contributed by atoms with Gasteiger partial charge >= 0.3 is 0 Å². The van der Waals surface area contributed by atoms with Gasteiger partial charge in [0, 0.05) is 37.8 Å². The predicted molar refractivity (Wildman–Crippen MR) is 215 cm³/mol. The first-order chi connectivity index (χ1) is 24.0. The number of unbranched alkanes of at least 4 members (excludes halogenated alkanes) is 1. The number of hydrogen-bond donors (Lipinski definition) is 2. The highest BCUT2D eigenvalue weighted by molar-refractivity contribution is 6.01. The fraction of sp³-hybridized carbons (Fsp3) is 0.302. The molecule has 6 rings (SSSR count). The van der Waals surface area contributed by atoms with Crippen molar-refractivity contribution >= 4 is 47.4 Å². The molecule has 0 bridgehead atoms. The molecule has 1 saturated heterocycles. The summed E-state index contributed by atoms with van der Waals surface area (Å²) in [5, 5.41) is 5.34. The number of likely N-dealkylation sites (tertiary alicyclic amines) is 1. The van der Waals surface area contributed by atoms with Crippen molar-refractivity contribution in [3.63, 3.8) is 0 Å². The van der Waals surface area contributed by atoms with Crippen LogP contribution in [-0.4, -0.2) is 53.8 Å². The van der Waals surface area contributed by atoms with E-state index in [1.165, 1.54) is 5.56 Å². The zero-order chi connectivity index (χ0) is 34.0. The number of amides is 2. The van der Waals surface area contributed by atoms with Gasteiger partial charge in [-0.15, -0.1) is 24.8 Å². The van der Waals surface area contributed by atoms with E-state index in [0.29, 0.717) is 25.1 Å². The highest BCUT2D eigenvalue weighted by Crippen LogP contribution is 2.33. The summed E-state index contributed by atoms with van der Waals surface area (Å²) >= 11 is 0. The van der Waals surface area contributed by atoms with Gasteiger partial charge in [0.15, 0.2) is 0 Å². The largest absolute Gasteiger partial charge is 0.352 e. The maximum absolute atomic E-state index is 14.5. The zero-order valence-electron chi connectivity index (χ0n) is 29.4. The maximum Gasteiger partial charge on any atom is 0.251 e. The second-order valence-electron chi connectivity index (χ2n) is 13.2. The van der Waals surface area contributed by atoms with Gasteiger partial charge in [-0.25, -0.2) is 0 Å². The molecule has 5 aromatic carbocycles. The molecule has 51 heavy (non-hydrogen) atoms. The summed E-state index contributed by atoms with van der Waals surface area (Å²) in [7, 11) is 0. The molecule has 0 spiro atoms. The van der Waals surface area contributed by atoms with Gasteiger partial charge in [0.25, 0.3) is 5.91 Å².